The van der Waals surface area contributed by atoms with E-state index < -0.39 is 0 Å². The first kappa shape index (κ1) is 14.7. The van der Waals surface area contributed by atoms with Gasteiger partial charge in [0.15, 0.2) is 0 Å². The zero-order chi connectivity index (χ0) is 13.5. The predicted octanol–water partition coefficient (Wildman–Crippen LogP) is 1.85. The molecule has 0 saturated carbocycles. The summed E-state index contributed by atoms with van der Waals surface area (Å²) < 4.78 is 4.70. The Morgan fingerprint density at radius 3 is 2.56 bits per heavy atom. The van der Waals surface area contributed by atoms with Crippen LogP contribution in [0.15, 0.2) is 24.3 Å². The fourth-order valence-electron chi connectivity index (χ4n) is 2.09. The quantitative estimate of drug-likeness (QED) is 0.784. The summed E-state index contributed by atoms with van der Waals surface area (Å²) in [6, 6.07) is 7.15. The third-order valence-corrected chi connectivity index (χ3v) is 3.12. The van der Waals surface area contributed by atoms with Crippen LogP contribution in [0.5, 0.6) is 0 Å². The van der Waals surface area contributed by atoms with E-state index >= 15 is 0 Å². The van der Waals surface area contributed by atoms with Crippen LogP contribution in [0.1, 0.15) is 35.8 Å². The Kier molecular flexibility index (Phi) is 5.82. The maximum atomic E-state index is 11.5. The minimum absolute atomic E-state index is 0.0340. The standard InChI is InChI=1S/C14H21NO3/c1-4-15(5-2)13(10-16)11-7-6-8-12(9-11)14(17)18-3/h6-9,13,16H,4-5,10H2,1-3H3. The summed E-state index contributed by atoms with van der Waals surface area (Å²) in [5.41, 5.74) is 1.45. The molecule has 0 aliphatic heterocycles. The summed E-state index contributed by atoms with van der Waals surface area (Å²) in [7, 11) is 1.36. The van der Waals surface area contributed by atoms with Gasteiger partial charge in [0.1, 0.15) is 0 Å². The highest BCUT2D eigenvalue weighted by molar-refractivity contribution is 5.89. The second-order valence-electron chi connectivity index (χ2n) is 4.04. The highest BCUT2D eigenvalue weighted by Gasteiger charge is 2.18. The smallest absolute Gasteiger partial charge is 0.337 e. The van der Waals surface area contributed by atoms with E-state index in [1.54, 1.807) is 12.1 Å². The molecule has 1 N–H and O–H groups in total. The van der Waals surface area contributed by atoms with E-state index in [9.17, 15) is 9.90 Å². The Morgan fingerprint density at radius 1 is 1.39 bits per heavy atom. The zero-order valence-corrected chi connectivity index (χ0v) is 11.2. The molecular weight excluding hydrogens is 230 g/mol. The van der Waals surface area contributed by atoms with E-state index in [4.69, 9.17) is 4.74 Å². The highest BCUT2D eigenvalue weighted by Crippen LogP contribution is 2.21. The number of nitrogens with zero attached hydrogens (tertiary/aromatic N) is 1. The molecule has 1 aromatic carbocycles. The number of carbonyl (C=O) groups excluding carboxylic acids is 1. The maximum Gasteiger partial charge on any atom is 0.337 e. The number of esters is 1. The molecule has 0 bridgehead atoms. The molecule has 0 saturated heterocycles. The van der Waals surface area contributed by atoms with Crippen LogP contribution in [-0.2, 0) is 4.74 Å². The summed E-state index contributed by atoms with van der Waals surface area (Å²) >= 11 is 0. The van der Waals surface area contributed by atoms with Crippen molar-refractivity contribution in [1.29, 1.82) is 0 Å². The van der Waals surface area contributed by atoms with Crippen molar-refractivity contribution in [1.82, 2.24) is 4.90 Å². The Bertz CT molecular complexity index is 388. The van der Waals surface area contributed by atoms with E-state index in [0.29, 0.717) is 5.56 Å². The van der Waals surface area contributed by atoms with Gasteiger partial charge in [0.05, 0.1) is 25.3 Å². The second-order valence-corrected chi connectivity index (χ2v) is 4.04. The number of carbonyl (C=O) groups is 1. The van der Waals surface area contributed by atoms with Crippen molar-refractivity contribution < 1.29 is 14.6 Å². The molecular formula is C14H21NO3. The summed E-state index contributed by atoms with van der Waals surface area (Å²) in [5.74, 6) is -0.354. The fourth-order valence-corrected chi connectivity index (χ4v) is 2.09. The first-order chi connectivity index (χ1) is 8.67. The Labute approximate surface area is 108 Å². The molecule has 0 radical (unpaired) electrons. The molecule has 0 heterocycles. The Balaban J connectivity index is 3.02. The summed E-state index contributed by atoms with van der Waals surface area (Å²) in [6.45, 7) is 5.84. The molecule has 0 aromatic heterocycles. The van der Waals surface area contributed by atoms with Crippen molar-refractivity contribution >= 4 is 5.97 Å². The number of rotatable bonds is 6. The van der Waals surface area contributed by atoms with Crippen molar-refractivity contribution in [3.8, 4) is 0 Å². The normalized spacial score (nSPS) is 12.5. The third kappa shape index (κ3) is 3.31. The molecule has 1 unspecified atom stereocenters. The lowest BCUT2D eigenvalue weighted by Gasteiger charge is -2.28. The minimum atomic E-state index is -0.354. The lowest BCUT2D eigenvalue weighted by molar-refractivity contribution is 0.0600. The summed E-state index contributed by atoms with van der Waals surface area (Å²) in [6.07, 6.45) is 0. The van der Waals surface area contributed by atoms with Crippen LogP contribution in [0.2, 0.25) is 0 Å². The van der Waals surface area contributed by atoms with Gasteiger partial charge in [-0.3, -0.25) is 4.90 Å². The topological polar surface area (TPSA) is 49.8 Å². The predicted molar refractivity (Wildman–Crippen MR) is 70.5 cm³/mol. The number of aliphatic hydroxyl groups excluding tert-OH is 1. The van der Waals surface area contributed by atoms with Gasteiger partial charge in [-0.15, -0.1) is 0 Å². The first-order valence-corrected chi connectivity index (χ1v) is 6.21. The number of hydrogen-bond acceptors (Lipinski definition) is 4. The SMILES string of the molecule is CCN(CC)C(CO)c1cccc(C(=O)OC)c1. The van der Waals surface area contributed by atoms with E-state index in [1.807, 2.05) is 12.1 Å². The van der Waals surface area contributed by atoms with Gasteiger partial charge in [0.2, 0.25) is 0 Å². The van der Waals surface area contributed by atoms with Crippen molar-refractivity contribution in [3.63, 3.8) is 0 Å². The lowest BCUT2D eigenvalue weighted by Crippen LogP contribution is -2.30. The van der Waals surface area contributed by atoms with Crippen LogP contribution < -0.4 is 0 Å². The monoisotopic (exact) mass is 251 g/mol. The number of ether oxygens (including phenoxy) is 1. The molecule has 18 heavy (non-hydrogen) atoms. The molecule has 4 nitrogen and oxygen atoms in total. The zero-order valence-electron chi connectivity index (χ0n) is 11.2. The van der Waals surface area contributed by atoms with Crippen molar-refractivity contribution in [2.24, 2.45) is 0 Å². The average Bonchev–Trinajstić information content (AvgIpc) is 2.43. The van der Waals surface area contributed by atoms with Crippen LogP contribution in [0.25, 0.3) is 0 Å². The lowest BCUT2D eigenvalue weighted by atomic mass is 10.0. The van der Waals surface area contributed by atoms with Crippen molar-refractivity contribution in [3.05, 3.63) is 35.4 Å². The van der Waals surface area contributed by atoms with Gasteiger partial charge in [-0.2, -0.15) is 0 Å². The van der Waals surface area contributed by atoms with Crippen molar-refractivity contribution in [2.75, 3.05) is 26.8 Å². The number of methoxy groups -OCH3 is 1. The summed E-state index contributed by atoms with van der Waals surface area (Å²) in [5, 5.41) is 9.54. The molecule has 100 valence electrons. The number of aliphatic hydroxyl groups is 1. The maximum absolute atomic E-state index is 11.5. The number of hydrogen-bond donors (Lipinski definition) is 1. The van der Waals surface area contributed by atoms with Gasteiger partial charge < -0.3 is 9.84 Å². The molecule has 1 aromatic rings. The second kappa shape index (κ2) is 7.13. The average molecular weight is 251 g/mol. The fraction of sp³-hybridized carbons (Fsp3) is 0.500. The van der Waals surface area contributed by atoms with Crippen LogP contribution in [-0.4, -0.2) is 42.8 Å². The first-order valence-electron chi connectivity index (χ1n) is 6.21. The van der Waals surface area contributed by atoms with E-state index in [2.05, 4.69) is 18.7 Å². The van der Waals surface area contributed by atoms with Gasteiger partial charge in [0, 0.05) is 0 Å². The van der Waals surface area contributed by atoms with Crippen molar-refractivity contribution in [2.45, 2.75) is 19.9 Å². The molecule has 1 rings (SSSR count). The van der Waals surface area contributed by atoms with E-state index in [0.717, 1.165) is 18.7 Å². The van der Waals surface area contributed by atoms with Crippen LogP contribution >= 0.6 is 0 Å². The molecule has 0 aliphatic rings. The molecule has 4 heteroatoms. The van der Waals surface area contributed by atoms with E-state index in [1.165, 1.54) is 7.11 Å². The Morgan fingerprint density at radius 2 is 2.06 bits per heavy atom. The van der Waals surface area contributed by atoms with Crippen LogP contribution in [0.3, 0.4) is 0 Å². The Hall–Kier alpha value is -1.39. The molecule has 0 amide bonds. The number of likely N-dealkylation sites (N-methyl/N-ethyl adjacent to an activating group) is 1. The molecule has 0 spiro atoms. The van der Waals surface area contributed by atoms with Gasteiger partial charge in [-0.25, -0.2) is 4.79 Å². The summed E-state index contributed by atoms with van der Waals surface area (Å²) in [4.78, 5) is 13.6. The highest BCUT2D eigenvalue weighted by atomic mass is 16.5. The molecule has 0 aliphatic carbocycles. The van der Waals surface area contributed by atoms with Gasteiger partial charge in [0.25, 0.3) is 0 Å². The number of benzene rings is 1. The van der Waals surface area contributed by atoms with Gasteiger partial charge in [-0.1, -0.05) is 26.0 Å². The van der Waals surface area contributed by atoms with E-state index in [-0.39, 0.29) is 18.6 Å². The van der Waals surface area contributed by atoms with Crippen LogP contribution in [0, 0.1) is 0 Å². The minimum Gasteiger partial charge on any atom is -0.465 e. The largest absolute Gasteiger partial charge is 0.465 e. The third-order valence-electron chi connectivity index (χ3n) is 3.12. The molecule has 0 fully saturated rings. The molecule has 1 atom stereocenters. The van der Waals surface area contributed by atoms with Gasteiger partial charge in [-0.05, 0) is 30.8 Å². The van der Waals surface area contributed by atoms with Crippen LogP contribution in [0.4, 0.5) is 0 Å². The van der Waals surface area contributed by atoms with Gasteiger partial charge >= 0.3 is 5.97 Å².